The van der Waals surface area contributed by atoms with Crippen LogP contribution in [0.25, 0.3) is 10.9 Å². The number of esters is 1. The van der Waals surface area contributed by atoms with Gasteiger partial charge in [-0.05, 0) is 25.5 Å². The second-order valence-electron chi connectivity index (χ2n) is 4.81. The minimum atomic E-state index is -0.392. The first-order valence-electron chi connectivity index (χ1n) is 6.60. The van der Waals surface area contributed by atoms with Gasteiger partial charge in [-0.15, -0.1) is 0 Å². The third-order valence-electron chi connectivity index (χ3n) is 3.46. The highest BCUT2D eigenvalue weighted by Crippen LogP contribution is 2.37. The van der Waals surface area contributed by atoms with Crippen molar-refractivity contribution in [2.45, 2.75) is 13.8 Å². The van der Waals surface area contributed by atoms with Crippen molar-refractivity contribution in [3.63, 3.8) is 0 Å². The maximum Gasteiger partial charge on any atom is 0.340 e. The second-order valence-corrected chi connectivity index (χ2v) is 4.81. The highest BCUT2D eigenvalue weighted by Gasteiger charge is 2.21. The molecule has 1 aromatic heterocycles. The molecular weight excluding hydrogens is 306 g/mol. The fourth-order valence-corrected chi connectivity index (χ4v) is 2.47. The molecule has 5 nitrogen and oxygen atoms in total. The molecule has 0 saturated carbocycles. The summed E-state index contributed by atoms with van der Waals surface area (Å²) in [5, 5.41) is 0.857. The number of pyridine rings is 1. The number of aromatic nitrogens is 1. The Morgan fingerprint density at radius 2 is 2.05 bits per heavy atom. The molecule has 1 aromatic carbocycles. The summed E-state index contributed by atoms with van der Waals surface area (Å²) < 4.78 is 15.9. The van der Waals surface area contributed by atoms with Crippen molar-refractivity contribution in [2.24, 2.45) is 0 Å². The van der Waals surface area contributed by atoms with Gasteiger partial charge in [-0.3, -0.25) is 4.98 Å². The zero-order chi connectivity index (χ0) is 15.0. The molecule has 0 aliphatic carbocycles. The summed E-state index contributed by atoms with van der Waals surface area (Å²) in [6, 6.07) is 3.68. The van der Waals surface area contributed by atoms with E-state index in [9.17, 15) is 4.79 Å². The molecule has 0 amide bonds. The maximum atomic E-state index is 12.2. The van der Waals surface area contributed by atoms with Crippen LogP contribution in [-0.4, -0.2) is 24.4 Å². The van der Waals surface area contributed by atoms with Crippen LogP contribution in [0.2, 0.25) is 0 Å². The normalized spacial score (nSPS) is 11.9. The van der Waals surface area contributed by atoms with Gasteiger partial charge in [0.25, 0.3) is 0 Å². The molecule has 0 fully saturated rings. The first-order valence-corrected chi connectivity index (χ1v) is 6.60. The molecule has 0 bridgehead atoms. The molecule has 1 aliphatic rings. The average molecular weight is 321 g/mol. The Bertz CT molecular complexity index is 758. The number of hydrogen-bond donors (Lipinski definition) is 0. The summed E-state index contributed by atoms with van der Waals surface area (Å²) in [6.45, 7) is 7.59. The first kappa shape index (κ1) is 16.1. The van der Waals surface area contributed by atoms with E-state index in [4.69, 9.17) is 14.2 Å². The van der Waals surface area contributed by atoms with Crippen molar-refractivity contribution in [3.05, 3.63) is 41.6 Å². The van der Waals surface area contributed by atoms with E-state index in [0.29, 0.717) is 22.8 Å². The number of aryl methyl sites for hydroxylation is 2. The van der Waals surface area contributed by atoms with Gasteiger partial charge in [0.1, 0.15) is 6.61 Å². The molecule has 6 heteroatoms. The minimum absolute atomic E-state index is 0. The Morgan fingerprint density at radius 1 is 1.36 bits per heavy atom. The van der Waals surface area contributed by atoms with E-state index < -0.39 is 5.97 Å². The van der Waals surface area contributed by atoms with Gasteiger partial charge in [-0.1, -0.05) is 12.7 Å². The van der Waals surface area contributed by atoms with E-state index in [0.717, 1.165) is 16.5 Å². The number of benzene rings is 1. The number of hydrogen-bond acceptors (Lipinski definition) is 5. The molecule has 0 unspecified atom stereocenters. The van der Waals surface area contributed by atoms with Crippen molar-refractivity contribution in [2.75, 3.05) is 13.4 Å². The number of carbonyl (C=O) groups is 1. The van der Waals surface area contributed by atoms with Gasteiger partial charge in [0.15, 0.2) is 11.5 Å². The molecule has 1 aliphatic heterocycles. The Kier molecular flexibility index (Phi) is 4.56. The molecule has 116 valence electrons. The van der Waals surface area contributed by atoms with E-state index in [-0.39, 0.29) is 25.8 Å². The number of halogens is 1. The largest absolute Gasteiger partial charge is 1.00 e. The summed E-state index contributed by atoms with van der Waals surface area (Å²) >= 11 is 0. The molecule has 2 heterocycles. The Balaban J connectivity index is 0.00000176. The molecule has 3 rings (SSSR count). The quantitative estimate of drug-likeness (QED) is 0.585. The second kappa shape index (κ2) is 6.23. The molecule has 0 saturated heterocycles. The standard InChI is InChI=1S/C16H15NO4.ClH/c1-4-5-19-16(18)15-9(2)11-6-13-14(21-8-20-13)7-12(11)17-10(15)3;/h4,6-7H,1,5,8H2,2-3H3;1H/p-1. The third-order valence-corrected chi connectivity index (χ3v) is 3.46. The highest BCUT2D eigenvalue weighted by atomic mass is 35.5. The van der Waals surface area contributed by atoms with Crippen LogP contribution >= 0.6 is 0 Å². The smallest absolute Gasteiger partial charge is 0.340 e. The van der Waals surface area contributed by atoms with E-state index in [1.807, 2.05) is 19.1 Å². The zero-order valence-corrected chi connectivity index (χ0v) is 13.1. The van der Waals surface area contributed by atoms with E-state index in [1.165, 1.54) is 6.08 Å². The number of ether oxygens (including phenoxy) is 3. The van der Waals surface area contributed by atoms with E-state index >= 15 is 0 Å². The zero-order valence-electron chi connectivity index (χ0n) is 12.3. The van der Waals surface area contributed by atoms with Crippen molar-refractivity contribution in [3.8, 4) is 11.5 Å². The predicted octanol–water partition coefficient (Wildman–Crippen LogP) is -0.0729. The Labute approximate surface area is 134 Å². The minimum Gasteiger partial charge on any atom is -1.00 e. The van der Waals surface area contributed by atoms with Gasteiger partial charge in [-0.25, -0.2) is 4.79 Å². The van der Waals surface area contributed by atoms with Crippen LogP contribution in [0.5, 0.6) is 11.5 Å². The van der Waals surface area contributed by atoms with Crippen LogP contribution in [0.15, 0.2) is 24.8 Å². The van der Waals surface area contributed by atoms with Crippen LogP contribution in [0, 0.1) is 13.8 Å². The number of carbonyl (C=O) groups excluding carboxylic acids is 1. The molecule has 0 spiro atoms. The lowest BCUT2D eigenvalue weighted by atomic mass is 10.0. The van der Waals surface area contributed by atoms with Gasteiger partial charge in [0, 0.05) is 11.5 Å². The first-order chi connectivity index (χ1) is 10.1. The molecule has 0 N–H and O–H groups in total. The number of fused-ring (bicyclic) bond motifs is 2. The molecule has 0 atom stereocenters. The summed E-state index contributed by atoms with van der Waals surface area (Å²) in [7, 11) is 0. The van der Waals surface area contributed by atoms with Gasteiger partial charge >= 0.3 is 5.97 Å². The fourth-order valence-electron chi connectivity index (χ4n) is 2.47. The van der Waals surface area contributed by atoms with Gasteiger partial charge in [-0.2, -0.15) is 0 Å². The monoisotopic (exact) mass is 320 g/mol. The van der Waals surface area contributed by atoms with Crippen LogP contribution < -0.4 is 21.9 Å². The van der Waals surface area contributed by atoms with Crippen molar-refractivity contribution in [1.82, 2.24) is 4.98 Å². The Hall–Kier alpha value is -2.27. The predicted molar refractivity (Wildman–Crippen MR) is 77.8 cm³/mol. The highest BCUT2D eigenvalue weighted by molar-refractivity contribution is 5.99. The molecular formula is C16H15ClNO4-. The SMILES string of the molecule is C=CCOC(=O)c1c(C)nc2cc3c(cc2c1C)OCO3.[Cl-]. The topological polar surface area (TPSA) is 57.7 Å². The number of rotatable bonds is 3. The lowest BCUT2D eigenvalue weighted by Crippen LogP contribution is -3.00. The average Bonchev–Trinajstić information content (AvgIpc) is 2.90. The van der Waals surface area contributed by atoms with Crippen molar-refractivity contribution in [1.29, 1.82) is 0 Å². The van der Waals surface area contributed by atoms with Crippen LogP contribution in [0.4, 0.5) is 0 Å². The van der Waals surface area contributed by atoms with Gasteiger partial charge in [0.2, 0.25) is 6.79 Å². The van der Waals surface area contributed by atoms with Crippen molar-refractivity contribution < 1.29 is 31.4 Å². The summed E-state index contributed by atoms with van der Waals surface area (Å²) in [6.07, 6.45) is 1.54. The maximum absolute atomic E-state index is 12.2. The Morgan fingerprint density at radius 3 is 2.73 bits per heavy atom. The summed E-state index contributed by atoms with van der Waals surface area (Å²) in [5.74, 6) is 0.953. The van der Waals surface area contributed by atoms with Crippen LogP contribution in [0.1, 0.15) is 21.6 Å². The van der Waals surface area contributed by atoms with E-state index in [1.54, 1.807) is 6.92 Å². The van der Waals surface area contributed by atoms with Crippen LogP contribution in [-0.2, 0) is 4.74 Å². The molecule has 0 radical (unpaired) electrons. The van der Waals surface area contributed by atoms with Crippen LogP contribution in [0.3, 0.4) is 0 Å². The molecule has 2 aromatic rings. The van der Waals surface area contributed by atoms with Gasteiger partial charge < -0.3 is 26.6 Å². The lowest BCUT2D eigenvalue weighted by molar-refractivity contribution is -0.0000230. The summed E-state index contributed by atoms with van der Waals surface area (Å²) in [4.78, 5) is 16.6. The van der Waals surface area contributed by atoms with E-state index in [2.05, 4.69) is 11.6 Å². The lowest BCUT2D eigenvalue weighted by Gasteiger charge is -2.12. The third kappa shape index (κ3) is 2.60. The van der Waals surface area contributed by atoms with Crippen molar-refractivity contribution >= 4 is 16.9 Å². The molecule has 22 heavy (non-hydrogen) atoms. The summed E-state index contributed by atoms with van der Waals surface area (Å²) in [5.41, 5.74) is 2.72. The number of nitrogens with zero attached hydrogens (tertiary/aromatic N) is 1. The fraction of sp³-hybridized carbons (Fsp3) is 0.250. The van der Waals surface area contributed by atoms with Gasteiger partial charge in [0.05, 0.1) is 16.8 Å².